The molecule has 1 aliphatic rings. The molecule has 0 saturated carbocycles. The van der Waals surface area contributed by atoms with Gasteiger partial charge in [0.2, 0.25) is 0 Å². The first kappa shape index (κ1) is 15.2. The molecule has 1 aromatic carbocycles. The number of carbonyl (C=O) groups excluding carboxylic acids is 1. The van der Waals surface area contributed by atoms with Crippen LogP contribution in [-0.2, 0) is 0 Å². The molecule has 7 nitrogen and oxygen atoms in total. The summed E-state index contributed by atoms with van der Waals surface area (Å²) in [5, 5.41) is 14.1. The zero-order valence-corrected chi connectivity index (χ0v) is 12.4. The predicted molar refractivity (Wildman–Crippen MR) is 77.6 cm³/mol. The number of nitro benzene ring substituents is 1. The van der Waals surface area contributed by atoms with Crippen LogP contribution in [0.15, 0.2) is 18.2 Å². The second kappa shape index (κ2) is 5.69. The van der Waals surface area contributed by atoms with Crippen molar-refractivity contribution in [3.8, 4) is 5.75 Å². The number of amides is 1. The highest BCUT2D eigenvalue weighted by molar-refractivity contribution is 5.97. The van der Waals surface area contributed by atoms with Crippen LogP contribution >= 0.6 is 0 Å². The maximum Gasteiger partial charge on any atom is 0.273 e. The van der Waals surface area contributed by atoms with E-state index in [0.29, 0.717) is 25.2 Å². The highest BCUT2D eigenvalue weighted by Gasteiger charge is 2.30. The Hall–Kier alpha value is -2.15. The van der Waals surface area contributed by atoms with Crippen molar-refractivity contribution in [2.24, 2.45) is 0 Å². The molecule has 1 aromatic rings. The lowest BCUT2D eigenvalue weighted by Crippen LogP contribution is -2.58. The van der Waals surface area contributed by atoms with E-state index in [9.17, 15) is 14.9 Å². The van der Waals surface area contributed by atoms with Crippen molar-refractivity contribution in [3.05, 3.63) is 33.9 Å². The number of piperazine rings is 1. The third-order valence-corrected chi connectivity index (χ3v) is 3.48. The Balaban J connectivity index is 2.28. The van der Waals surface area contributed by atoms with Crippen molar-refractivity contribution >= 4 is 11.6 Å². The molecule has 7 heteroatoms. The molecule has 1 amide bonds. The van der Waals surface area contributed by atoms with Crippen LogP contribution in [-0.4, -0.2) is 48.0 Å². The Kier molecular flexibility index (Phi) is 4.13. The molecule has 0 bridgehead atoms. The molecular weight excluding hydrogens is 274 g/mol. The summed E-state index contributed by atoms with van der Waals surface area (Å²) in [5.74, 6) is 0.0573. The Morgan fingerprint density at radius 2 is 2.19 bits per heavy atom. The minimum Gasteiger partial charge on any atom is -0.496 e. The van der Waals surface area contributed by atoms with Crippen LogP contribution in [0, 0.1) is 10.1 Å². The second-order valence-electron chi connectivity index (χ2n) is 5.68. The Morgan fingerprint density at radius 1 is 1.48 bits per heavy atom. The maximum atomic E-state index is 12.6. The SMILES string of the molecule is COc1cc([N+](=O)[O-])ccc1C(=O)N1CCNC(C)(C)C1. The average molecular weight is 293 g/mol. The molecule has 1 saturated heterocycles. The molecule has 2 rings (SSSR count). The Morgan fingerprint density at radius 3 is 2.76 bits per heavy atom. The summed E-state index contributed by atoms with van der Waals surface area (Å²) < 4.78 is 5.13. The third-order valence-electron chi connectivity index (χ3n) is 3.48. The van der Waals surface area contributed by atoms with E-state index in [1.54, 1.807) is 4.90 Å². The van der Waals surface area contributed by atoms with Gasteiger partial charge in [0.25, 0.3) is 11.6 Å². The first-order valence-corrected chi connectivity index (χ1v) is 6.71. The van der Waals surface area contributed by atoms with E-state index in [2.05, 4.69) is 5.32 Å². The number of nitrogens with zero attached hydrogens (tertiary/aromatic N) is 2. The van der Waals surface area contributed by atoms with Gasteiger partial charge in [0.05, 0.1) is 23.7 Å². The number of ether oxygens (including phenoxy) is 1. The molecule has 0 spiro atoms. The summed E-state index contributed by atoms with van der Waals surface area (Å²) in [4.78, 5) is 24.6. The minimum atomic E-state index is -0.509. The molecule has 0 atom stereocenters. The fourth-order valence-electron chi connectivity index (χ4n) is 2.46. The van der Waals surface area contributed by atoms with Crippen LogP contribution in [0.5, 0.6) is 5.75 Å². The van der Waals surface area contributed by atoms with Crippen molar-refractivity contribution in [1.82, 2.24) is 10.2 Å². The fourth-order valence-corrected chi connectivity index (χ4v) is 2.46. The highest BCUT2D eigenvalue weighted by atomic mass is 16.6. The lowest BCUT2D eigenvalue weighted by Gasteiger charge is -2.39. The van der Waals surface area contributed by atoms with E-state index in [4.69, 9.17) is 4.74 Å². The molecule has 1 heterocycles. The number of nitro groups is 1. The van der Waals surface area contributed by atoms with Gasteiger partial charge in [-0.25, -0.2) is 0 Å². The number of carbonyl (C=O) groups is 1. The zero-order chi connectivity index (χ0) is 15.6. The molecule has 0 aromatic heterocycles. The molecule has 1 aliphatic heterocycles. The number of benzene rings is 1. The molecule has 0 aliphatic carbocycles. The van der Waals surface area contributed by atoms with E-state index < -0.39 is 4.92 Å². The summed E-state index contributed by atoms with van der Waals surface area (Å²) in [7, 11) is 1.40. The van der Waals surface area contributed by atoms with Gasteiger partial charge in [-0.1, -0.05) is 0 Å². The number of hydrogen-bond acceptors (Lipinski definition) is 5. The average Bonchev–Trinajstić information content (AvgIpc) is 2.44. The lowest BCUT2D eigenvalue weighted by molar-refractivity contribution is -0.384. The minimum absolute atomic E-state index is 0.0935. The van der Waals surface area contributed by atoms with Crippen LogP contribution in [0.4, 0.5) is 5.69 Å². The number of nitrogens with one attached hydrogen (secondary N) is 1. The summed E-state index contributed by atoms with van der Waals surface area (Å²) in [6.45, 7) is 5.95. The normalized spacial score (nSPS) is 17.4. The van der Waals surface area contributed by atoms with Crippen molar-refractivity contribution < 1.29 is 14.5 Å². The number of methoxy groups -OCH3 is 1. The Bertz CT molecular complexity index is 571. The van der Waals surface area contributed by atoms with Crippen molar-refractivity contribution in [1.29, 1.82) is 0 Å². The van der Waals surface area contributed by atoms with Gasteiger partial charge >= 0.3 is 0 Å². The number of rotatable bonds is 3. The van der Waals surface area contributed by atoms with E-state index in [-0.39, 0.29) is 22.9 Å². The quantitative estimate of drug-likeness (QED) is 0.673. The molecule has 0 unspecified atom stereocenters. The van der Waals surface area contributed by atoms with Gasteiger partial charge in [0, 0.05) is 31.2 Å². The highest BCUT2D eigenvalue weighted by Crippen LogP contribution is 2.26. The molecule has 1 fully saturated rings. The van der Waals surface area contributed by atoms with Crippen LogP contribution in [0.3, 0.4) is 0 Å². The first-order valence-electron chi connectivity index (χ1n) is 6.71. The third kappa shape index (κ3) is 3.30. The van der Waals surface area contributed by atoms with Gasteiger partial charge in [0.1, 0.15) is 5.75 Å². The van der Waals surface area contributed by atoms with Gasteiger partial charge < -0.3 is 15.0 Å². The number of hydrogen-bond donors (Lipinski definition) is 1. The lowest BCUT2D eigenvalue weighted by atomic mass is 10.0. The van der Waals surface area contributed by atoms with Crippen LogP contribution in [0.25, 0.3) is 0 Å². The first-order chi connectivity index (χ1) is 9.84. The van der Waals surface area contributed by atoms with Gasteiger partial charge in [-0.3, -0.25) is 14.9 Å². The summed E-state index contributed by atoms with van der Waals surface area (Å²) in [6.07, 6.45) is 0. The maximum absolute atomic E-state index is 12.6. The zero-order valence-electron chi connectivity index (χ0n) is 12.4. The van der Waals surface area contributed by atoms with Crippen LogP contribution in [0.1, 0.15) is 24.2 Å². The van der Waals surface area contributed by atoms with Gasteiger partial charge in [-0.15, -0.1) is 0 Å². The largest absolute Gasteiger partial charge is 0.496 e. The molecule has 114 valence electrons. The van der Waals surface area contributed by atoms with Gasteiger partial charge in [-0.2, -0.15) is 0 Å². The van der Waals surface area contributed by atoms with E-state index in [1.807, 2.05) is 13.8 Å². The molecule has 1 N–H and O–H groups in total. The van der Waals surface area contributed by atoms with Crippen LogP contribution < -0.4 is 10.1 Å². The van der Waals surface area contributed by atoms with Crippen molar-refractivity contribution in [3.63, 3.8) is 0 Å². The van der Waals surface area contributed by atoms with E-state index in [0.717, 1.165) is 0 Å². The smallest absolute Gasteiger partial charge is 0.273 e. The van der Waals surface area contributed by atoms with Crippen molar-refractivity contribution in [2.75, 3.05) is 26.7 Å². The second-order valence-corrected chi connectivity index (χ2v) is 5.68. The van der Waals surface area contributed by atoms with E-state index in [1.165, 1.54) is 25.3 Å². The fraction of sp³-hybridized carbons (Fsp3) is 0.500. The van der Waals surface area contributed by atoms with Gasteiger partial charge in [-0.05, 0) is 19.9 Å². The monoisotopic (exact) mass is 293 g/mol. The molecule has 0 radical (unpaired) electrons. The molecular formula is C14H19N3O4. The summed E-state index contributed by atoms with van der Waals surface area (Å²) in [6, 6.07) is 4.05. The summed E-state index contributed by atoms with van der Waals surface area (Å²) in [5.41, 5.74) is 0.104. The Labute approximate surface area is 123 Å². The standard InChI is InChI=1S/C14H19N3O4/c1-14(2)9-16(7-6-15-14)13(18)11-5-4-10(17(19)20)8-12(11)21-3/h4-5,8,15H,6-7,9H2,1-3H3. The van der Waals surface area contributed by atoms with E-state index >= 15 is 0 Å². The predicted octanol–water partition coefficient (Wildman–Crippen LogP) is 1.43. The number of non-ortho nitro benzene ring substituents is 1. The van der Waals surface area contributed by atoms with Crippen molar-refractivity contribution in [2.45, 2.75) is 19.4 Å². The topological polar surface area (TPSA) is 84.7 Å². The van der Waals surface area contributed by atoms with Gasteiger partial charge in [0.15, 0.2) is 0 Å². The van der Waals surface area contributed by atoms with Crippen LogP contribution in [0.2, 0.25) is 0 Å². The molecule has 21 heavy (non-hydrogen) atoms. The summed E-state index contributed by atoms with van der Waals surface area (Å²) >= 11 is 0.